The molecule has 0 atom stereocenters. The molecule has 1 amide bonds. The van der Waals surface area contributed by atoms with Crippen molar-refractivity contribution in [3.8, 4) is 0 Å². The predicted octanol–water partition coefficient (Wildman–Crippen LogP) is 2.13. The lowest BCUT2D eigenvalue weighted by Gasteiger charge is -2.37. The van der Waals surface area contributed by atoms with E-state index in [1.165, 1.54) is 0 Å². The summed E-state index contributed by atoms with van der Waals surface area (Å²) in [6, 6.07) is 0. The van der Waals surface area contributed by atoms with Gasteiger partial charge in [0.15, 0.2) is 0 Å². The Labute approximate surface area is 97.6 Å². The first kappa shape index (κ1) is 14.9. The number of carbonyl (C=O) groups excluding carboxylic acids is 1. The number of carbonyl (C=O) groups is 2. The van der Waals surface area contributed by atoms with Crippen LogP contribution in [0.25, 0.3) is 0 Å². The van der Waals surface area contributed by atoms with Gasteiger partial charge in [0.25, 0.3) is 0 Å². The molecule has 0 aromatic carbocycles. The fourth-order valence-electron chi connectivity index (χ4n) is 1.48. The summed E-state index contributed by atoms with van der Waals surface area (Å²) in [5.41, 5.74) is -0.250. The first-order chi connectivity index (χ1) is 7.16. The molecule has 16 heavy (non-hydrogen) atoms. The average Bonchev–Trinajstić information content (AvgIpc) is 2.08. The van der Waals surface area contributed by atoms with Gasteiger partial charge in [-0.2, -0.15) is 0 Å². The first-order valence-corrected chi connectivity index (χ1v) is 5.69. The molecular weight excluding hydrogens is 206 g/mol. The largest absolute Gasteiger partial charge is 0.481 e. The molecule has 94 valence electrons. The Kier molecular flexibility index (Phi) is 5.48. The Morgan fingerprint density at radius 1 is 1.25 bits per heavy atom. The molecule has 0 aliphatic carbocycles. The summed E-state index contributed by atoms with van der Waals surface area (Å²) in [5.74, 6) is -0.784. The molecule has 4 nitrogen and oxygen atoms in total. The monoisotopic (exact) mass is 229 g/mol. The maximum Gasteiger partial charge on any atom is 0.303 e. The van der Waals surface area contributed by atoms with Gasteiger partial charge in [-0.05, 0) is 27.2 Å². The highest BCUT2D eigenvalue weighted by atomic mass is 16.4. The van der Waals surface area contributed by atoms with Crippen LogP contribution < -0.4 is 0 Å². The minimum atomic E-state index is -0.814. The van der Waals surface area contributed by atoms with E-state index in [9.17, 15) is 9.59 Å². The second-order valence-electron chi connectivity index (χ2n) is 5.31. The van der Waals surface area contributed by atoms with E-state index in [0.717, 1.165) is 0 Å². The second-order valence-corrected chi connectivity index (χ2v) is 5.31. The maximum absolute atomic E-state index is 11.9. The van der Waals surface area contributed by atoms with Crippen molar-refractivity contribution in [2.75, 3.05) is 6.54 Å². The van der Waals surface area contributed by atoms with E-state index in [0.29, 0.717) is 13.0 Å². The fourth-order valence-corrected chi connectivity index (χ4v) is 1.48. The number of rotatable bonds is 5. The Morgan fingerprint density at radius 3 is 2.06 bits per heavy atom. The molecule has 0 unspecified atom stereocenters. The topological polar surface area (TPSA) is 57.6 Å². The van der Waals surface area contributed by atoms with Crippen LogP contribution in [-0.4, -0.2) is 34.0 Å². The number of aliphatic carboxylic acids is 1. The molecule has 0 aliphatic rings. The number of nitrogens with zero attached hydrogens (tertiary/aromatic N) is 1. The smallest absolute Gasteiger partial charge is 0.303 e. The highest BCUT2D eigenvalue weighted by molar-refractivity contribution is 5.78. The fraction of sp³-hybridized carbons (Fsp3) is 0.833. The molecule has 4 heteroatoms. The van der Waals surface area contributed by atoms with Crippen molar-refractivity contribution in [3.05, 3.63) is 0 Å². The van der Waals surface area contributed by atoms with Crippen LogP contribution in [-0.2, 0) is 9.59 Å². The van der Waals surface area contributed by atoms with Crippen molar-refractivity contribution < 1.29 is 14.7 Å². The molecule has 0 aromatic heterocycles. The zero-order chi connectivity index (χ0) is 12.9. The van der Waals surface area contributed by atoms with E-state index < -0.39 is 5.97 Å². The van der Waals surface area contributed by atoms with Crippen LogP contribution in [0.4, 0.5) is 0 Å². The standard InChI is InChI=1S/C12H23NO3/c1-9(2)11(16)13(12(3,4)5)8-6-7-10(14)15/h9H,6-8H2,1-5H3,(H,14,15). The van der Waals surface area contributed by atoms with Crippen molar-refractivity contribution in [2.45, 2.75) is 53.0 Å². The molecule has 0 bridgehead atoms. The molecule has 1 N–H and O–H groups in total. The van der Waals surface area contributed by atoms with Crippen LogP contribution in [0.3, 0.4) is 0 Å². The van der Waals surface area contributed by atoms with Gasteiger partial charge in [0.05, 0.1) is 0 Å². The molecule has 0 aliphatic heterocycles. The number of hydrogen-bond donors (Lipinski definition) is 1. The van der Waals surface area contributed by atoms with Gasteiger partial charge in [0.2, 0.25) is 5.91 Å². The van der Waals surface area contributed by atoms with Crippen LogP contribution in [0.2, 0.25) is 0 Å². The summed E-state index contributed by atoms with van der Waals surface area (Å²) in [7, 11) is 0. The zero-order valence-corrected chi connectivity index (χ0v) is 10.9. The minimum absolute atomic E-state index is 0.0518. The van der Waals surface area contributed by atoms with Crippen LogP contribution in [0.5, 0.6) is 0 Å². The second kappa shape index (κ2) is 5.87. The van der Waals surface area contributed by atoms with Crippen LogP contribution in [0, 0.1) is 5.92 Å². The van der Waals surface area contributed by atoms with Crippen LogP contribution >= 0.6 is 0 Å². The minimum Gasteiger partial charge on any atom is -0.481 e. The molecular formula is C12H23NO3. The lowest BCUT2D eigenvalue weighted by Crippen LogP contribution is -2.48. The molecule has 0 rings (SSSR count). The van der Waals surface area contributed by atoms with Gasteiger partial charge in [-0.3, -0.25) is 9.59 Å². The van der Waals surface area contributed by atoms with Gasteiger partial charge in [-0.25, -0.2) is 0 Å². The van der Waals surface area contributed by atoms with Crippen molar-refractivity contribution in [1.29, 1.82) is 0 Å². The molecule has 0 fully saturated rings. The van der Waals surface area contributed by atoms with Gasteiger partial charge >= 0.3 is 5.97 Å². The van der Waals surface area contributed by atoms with Gasteiger partial charge in [0.1, 0.15) is 0 Å². The molecule has 0 radical (unpaired) electrons. The Bertz CT molecular complexity index is 253. The number of carboxylic acids is 1. The van der Waals surface area contributed by atoms with Gasteiger partial charge in [-0.15, -0.1) is 0 Å². The van der Waals surface area contributed by atoms with Crippen molar-refractivity contribution in [2.24, 2.45) is 5.92 Å². The van der Waals surface area contributed by atoms with E-state index in [2.05, 4.69) is 0 Å². The van der Waals surface area contributed by atoms with E-state index in [1.807, 2.05) is 34.6 Å². The summed E-state index contributed by atoms with van der Waals surface area (Å²) >= 11 is 0. The van der Waals surface area contributed by atoms with Crippen molar-refractivity contribution in [1.82, 2.24) is 4.90 Å². The van der Waals surface area contributed by atoms with E-state index in [-0.39, 0.29) is 23.8 Å². The normalized spacial score (nSPS) is 11.6. The lowest BCUT2D eigenvalue weighted by atomic mass is 10.0. The molecule has 0 aromatic rings. The van der Waals surface area contributed by atoms with Crippen molar-refractivity contribution in [3.63, 3.8) is 0 Å². The maximum atomic E-state index is 11.9. The van der Waals surface area contributed by atoms with Gasteiger partial charge < -0.3 is 10.0 Å². The van der Waals surface area contributed by atoms with E-state index in [1.54, 1.807) is 4.90 Å². The predicted molar refractivity (Wildman–Crippen MR) is 63.2 cm³/mol. The Hall–Kier alpha value is -1.06. The Balaban J connectivity index is 4.46. The number of hydrogen-bond acceptors (Lipinski definition) is 2. The lowest BCUT2D eigenvalue weighted by molar-refractivity contribution is -0.141. The third-order valence-corrected chi connectivity index (χ3v) is 2.34. The van der Waals surface area contributed by atoms with Crippen LogP contribution in [0.1, 0.15) is 47.5 Å². The summed E-state index contributed by atoms with van der Waals surface area (Å²) < 4.78 is 0. The number of carboxylic acid groups (broad SMARTS) is 1. The summed E-state index contributed by atoms with van der Waals surface area (Å²) in [4.78, 5) is 24.1. The van der Waals surface area contributed by atoms with Crippen molar-refractivity contribution >= 4 is 11.9 Å². The SMILES string of the molecule is CC(C)C(=O)N(CCCC(=O)O)C(C)(C)C. The molecule has 0 saturated carbocycles. The molecule has 0 heterocycles. The first-order valence-electron chi connectivity index (χ1n) is 5.69. The summed E-state index contributed by atoms with van der Waals surface area (Å²) in [6.45, 7) is 10.1. The van der Waals surface area contributed by atoms with Crippen LogP contribution in [0.15, 0.2) is 0 Å². The zero-order valence-electron chi connectivity index (χ0n) is 10.9. The third kappa shape index (κ3) is 5.14. The number of amides is 1. The van der Waals surface area contributed by atoms with Gasteiger partial charge in [0, 0.05) is 24.4 Å². The van der Waals surface area contributed by atoms with Gasteiger partial charge in [-0.1, -0.05) is 13.8 Å². The average molecular weight is 229 g/mol. The van der Waals surface area contributed by atoms with E-state index in [4.69, 9.17) is 5.11 Å². The quantitative estimate of drug-likeness (QED) is 0.785. The molecule has 0 saturated heterocycles. The Morgan fingerprint density at radius 2 is 1.75 bits per heavy atom. The third-order valence-electron chi connectivity index (χ3n) is 2.34. The van der Waals surface area contributed by atoms with E-state index >= 15 is 0 Å². The summed E-state index contributed by atoms with van der Waals surface area (Å²) in [5, 5.41) is 8.57. The summed E-state index contributed by atoms with van der Waals surface area (Å²) in [6.07, 6.45) is 0.614. The highest BCUT2D eigenvalue weighted by Gasteiger charge is 2.27. The molecule has 0 spiro atoms. The highest BCUT2D eigenvalue weighted by Crippen LogP contribution is 2.17.